The maximum atomic E-state index is 12.9. The number of alkyl halides is 3. The molecule has 0 radical (unpaired) electrons. The van der Waals surface area contributed by atoms with Crippen LogP contribution in [0.3, 0.4) is 0 Å². The summed E-state index contributed by atoms with van der Waals surface area (Å²) in [4.78, 5) is 1.00. The van der Waals surface area contributed by atoms with Crippen LogP contribution < -0.4 is 5.32 Å². The van der Waals surface area contributed by atoms with Crippen molar-refractivity contribution in [1.82, 2.24) is 5.32 Å². The number of rotatable bonds is 5. The van der Waals surface area contributed by atoms with Crippen molar-refractivity contribution in [2.75, 3.05) is 6.54 Å². The van der Waals surface area contributed by atoms with Crippen LogP contribution in [0.15, 0.2) is 40.2 Å². The lowest BCUT2D eigenvalue weighted by Gasteiger charge is -2.20. The molecule has 1 N–H and O–H groups in total. The molecule has 1 heterocycles. The van der Waals surface area contributed by atoms with Crippen molar-refractivity contribution >= 4 is 27.3 Å². The molecule has 114 valence electrons. The monoisotopic (exact) mass is 377 g/mol. The number of benzene rings is 1. The molecule has 0 saturated carbocycles. The topological polar surface area (TPSA) is 12.0 Å². The Balaban J connectivity index is 2.44. The average molecular weight is 378 g/mol. The Bertz CT molecular complexity index is 581. The van der Waals surface area contributed by atoms with Gasteiger partial charge in [-0.25, -0.2) is 0 Å². The van der Waals surface area contributed by atoms with Gasteiger partial charge in [0.2, 0.25) is 0 Å². The molecule has 0 saturated heterocycles. The van der Waals surface area contributed by atoms with E-state index in [1.54, 1.807) is 0 Å². The Morgan fingerprint density at radius 2 is 2.05 bits per heavy atom. The first-order valence-corrected chi connectivity index (χ1v) is 8.24. The Morgan fingerprint density at radius 3 is 2.62 bits per heavy atom. The van der Waals surface area contributed by atoms with Crippen molar-refractivity contribution in [3.8, 4) is 0 Å². The fourth-order valence-electron chi connectivity index (χ4n) is 2.05. The van der Waals surface area contributed by atoms with E-state index in [4.69, 9.17) is 0 Å². The van der Waals surface area contributed by atoms with Crippen molar-refractivity contribution in [2.24, 2.45) is 0 Å². The number of nitrogens with one attached hydrogen (secondary N) is 1. The van der Waals surface area contributed by atoms with Crippen molar-refractivity contribution in [2.45, 2.75) is 25.6 Å². The second-order valence-electron chi connectivity index (χ2n) is 4.64. The van der Waals surface area contributed by atoms with Crippen LogP contribution in [0.5, 0.6) is 0 Å². The maximum Gasteiger partial charge on any atom is 0.416 e. The fraction of sp³-hybridized carbons (Fsp3) is 0.333. The first-order chi connectivity index (χ1) is 9.93. The molecular weight excluding hydrogens is 363 g/mol. The smallest absolute Gasteiger partial charge is 0.306 e. The largest absolute Gasteiger partial charge is 0.416 e. The molecule has 6 heteroatoms. The molecule has 0 bridgehead atoms. The molecule has 0 aliphatic carbocycles. The number of thiophene rings is 1. The zero-order chi connectivity index (χ0) is 15.5. The highest BCUT2D eigenvalue weighted by Crippen LogP contribution is 2.36. The number of hydrogen-bond donors (Lipinski definition) is 1. The van der Waals surface area contributed by atoms with Gasteiger partial charge in [0.25, 0.3) is 0 Å². The van der Waals surface area contributed by atoms with Gasteiger partial charge in [-0.2, -0.15) is 13.2 Å². The van der Waals surface area contributed by atoms with Gasteiger partial charge in [-0.15, -0.1) is 11.3 Å². The average Bonchev–Trinajstić information content (AvgIpc) is 2.93. The second-order valence-corrected chi connectivity index (χ2v) is 6.47. The van der Waals surface area contributed by atoms with Gasteiger partial charge in [0.1, 0.15) is 0 Å². The van der Waals surface area contributed by atoms with Gasteiger partial charge in [-0.05, 0) is 48.2 Å². The maximum absolute atomic E-state index is 12.9. The Morgan fingerprint density at radius 1 is 1.29 bits per heavy atom. The van der Waals surface area contributed by atoms with Crippen LogP contribution in [0.1, 0.15) is 35.4 Å². The van der Waals surface area contributed by atoms with E-state index in [1.165, 1.54) is 23.5 Å². The normalized spacial score (nSPS) is 13.4. The minimum Gasteiger partial charge on any atom is -0.306 e. The summed E-state index contributed by atoms with van der Waals surface area (Å²) in [6.45, 7) is 2.77. The molecule has 1 unspecified atom stereocenters. The first kappa shape index (κ1) is 16.5. The van der Waals surface area contributed by atoms with Gasteiger partial charge in [-0.3, -0.25) is 0 Å². The Kier molecular flexibility index (Phi) is 5.46. The summed E-state index contributed by atoms with van der Waals surface area (Å²) in [6, 6.07) is 7.39. The number of halogens is 4. The highest BCUT2D eigenvalue weighted by Gasteiger charge is 2.32. The Labute approximate surface area is 134 Å². The third-order valence-corrected chi connectivity index (χ3v) is 4.72. The van der Waals surface area contributed by atoms with E-state index >= 15 is 0 Å². The summed E-state index contributed by atoms with van der Waals surface area (Å²) in [5.74, 6) is 0. The zero-order valence-electron chi connectivity index (χ0n) is 11.4. The van der Waals surface area contributed by atoms with Crippen LogP contribution in [0.4, 0.5) is 13.2 Å². The first-order valence-electron chi connectivity index (χ1n) is 6.57. The molecule has 1 atom stereocenters. The predicted molar refractivity (Wildman–Crippen MR) is 83.6 cm³/mol. The Hall–Kier alpha value is -0.850. The molecule has 0 aliphatic heterocycles. The van der Waals surface area contributed by atoms with Gasteiger partial charge in [0, 0.05) is 9.35 Å². The SMILES string of the molecule is CCCNC(c1cccs1)c1cc(C(F)(F)F)ccc1Br. The third-order valence-electron chi connectivity index (χ3n) is 3.06. The molecule has 0 aliphatic rings. The van der Waals surface area contributed by atoms with Gasteiger partial charge in [0.15, 0.2) is 0 Å². The van der Waals surface area contributed by atoms with Gasteiger partial charge in [0.05, 0.1) is 11.6 Å². The lowest BCUT2D eigenvalue weighted by atomic mass is 10.0. The van der Waals surface area contributed by atoms with E-state index < -0.39 is 11.7 Å². The molecule has 1 nitrogen and oxygen atoms in total. The van der Waals surface area contributed by atoms with E-state index in [-0.39, 0.29) is 6.04 Å². The van der Waals surface area contributed by atoms with Crippen molar-refractivity contribution in [3.05, 3.63) is 56.2 Å². The molecule has 2 rings (SSSR count). The fourth-order valence-corrected chi connectivity index (χ4v) is 3.34. The summed E-state index contributed by atoms with van der Waals surface area (Å²) >= 11 is 4.91. The van der Waals surface area contributed by atoms with E-state index in [1.807, 2.05) is 24.4 Å². The minimum atomic E-state index is -4.33. The molecule has 21 heavy (non-hydrogen) atoms. The lowest BCUT2D eigenvalue weighted by Crippen LogP contribution is -2.23. The molecule has 1 aromatic heterocycles. The molecule has 1 aromatic carbocycles. The van der Waals surface area contributed by atoms with E-state index in [0.717, 1.165) is 23.9 Å². The summed E-state index contributed by atoms with van der Waals surface area (Å²) < 4.78 is 39.5. The molecule has 0 spiro atoms. The molecule has 0 amide bonds. The second kappa shape index (κ2) is 6.94. The quantitative estimate of drug-likeness (QED) is 0.712. The summed E-state index contributed by atoms with van der Waals surface area (Å²) in [5, 5.41) is 5.25. The van der Waals surface area contributed by atoms with Crippen molar-refractivity contribution < 1.29 is 13.2 Å². The summed E-state index contributed by atoms with van der Waals surface area (Å²) in [7, 11) is 0. The summed E-state index contributed by atoms with van der Waals surface area (Å²) in [5.41, 5.74) is -0.0127. The van der Waals surface area contributed by atoms with E-state index in [0.29, 0.717) is 10.0 Å². The molecule has 2 aromatic rings. The van der Waals surface area contributed by atoms with Gasteiger partial charge in [-0.1, -0.05) is 28.9 Å². The van der Waals surface area contributed by atoms with E-state index in [9.17, 15) is 13.2 Å². The van der Waals surface area contributed by atoms with Crippen LogP contribution in [0.25, 0.3) is 0 Å². The van der Waals surface area contributed by atoms with Crippen LogP contribution in [0, 0.1) is 0 Å². The third kappa shape index (κ3) is 4.08. The highest BCUT2D eigenvalue weighted by molar-refractivity contribution is 9.10. The number of hydrogen-bond acceptors (Lipinski definition) is 2. The zero-order valence-corrected chi connectivity index (χ0v) is 13.8. The van der Waals surface area contributed by atoms with Crippen LogP contribution >= 0.6 is 27.3 Å². The van der Waals surface area contributed by atoms with Crippen LogP contribution in [-0.2, 0) is 6.18 Å². The lowest BCUT2D eigenvalue weighted by molar-refractivity contribution is -0.137. The molecular formula is C15H15BrF3NS. The predicted octanol–water partition coefficient (Wildman–Crippen LogP) is 5.62. The van der Waals surface area contributed by atoms with Crippen molar-refractivity contribution in [1.29, 1.82) is 0 Å². The van der Waals surface area contributed by atoms with Gasteiger partial charge >= 0.3 is 6.18 Å². The van der Waals surface area contributed by atoms with Crippen LogP contribution in [0.2, 0.25) is 0 Å². The highest BCUT2D eigenvalue weighted by atomic mass is 79.9. The van der Waals surface area contributed by atoms with Crippen LogP contribution in [-0.4, -0.2) is 6.54 Å². The minimum absolute atomic E-state index is 0.235. The standard InChI is InChI=1S/C15H15BrF3NS/c1-2-7-20-14(13-4-3-8-21-13)11-9-10(15(17,18)19)5-6-12(11)16/h3-6,8-9,14,20H,2,7H2,1H3. The summed E-state index contributed by atoms with van der Waals surface area (Å²) in [6.07, 6.45) is -3.42. The van der Waals surface area contributed by atoms with Gasteiger partial charge < -0.3 is 5.32 Å². The molecule has 0 fully saturated rings. The van der Waals surface area contributed by atoms with Crippen molar-refractivity contribution in [3.63, 3.8) is 0 Å². The van der Waals surface area contributed by atoms with E-state index in [2.05, 4.69) is 21.2 Å².